The van der Waals surface area contributed by atoms with Gasteiger partial charge in [0.1, 0.15) is 5.75 Å². The van der Waals surface area contributed by atoms with Crippen LogP contribution in [0.15, 0.2) is 47.8 Å². The Morgan fingerprint density at radius 3 is 2.25 bits per heavy atom. The second-order valence-corrected chi connectivity index (χ2v) is 6.21. The summed E-state index contributed by atoms with van der Waals surface area (Å²) in [6, 6.07) is 11.3. The average molecular weight is 337 g/mol. The van der Waals surface area contributed by atoms with Gasteiger partial charge in [0.25, 0.3) is 0 Å². The maximum Gasteiger partial charge on any atom is 0.198 e. The first-order valence-electron chi connectivity index (χ1n) is 7.13. The number of aromatic hydroxyl groups is 1. The summed E-state index contributed by atoms with van der Waals surface area (Å²) in [7, 11) is 0. The van der Waals surface area contributed by atoms with E-state index >= 15 is 0 Å². The third-order valence-electron chi connectivity index (χ3n) is 3.88. The number of thiophene rings is 1. The molecule has 2 aromatic carbocycles. The largest absolute Gasteiger partial charge is 0.507 e. The molecule has 0 bridgehead atoms. The number of benzene rings is 2. The molecule has 1 aliphatic rings. The van der Waals surface area contributed by atoms with Gasteiger partial charge in [-0.15, -0.1) is 11.3 Å². The number of ether oxygens (including phenoxy) is 1. The molecule has 0 unspecified atom stereocenters. The van der Waals surface area contributed by atoms with Gasteiger partial charge in [-0.3, -0.25) is 9.59 Å². The van der Waals surface area contributed by atoms with Crippen LogP contribution >= 0.6 is 11.3 Å². The fraction of sp³-hybridized carbons (Fsp3) is 0. The highest BCUT2D eigenvalue weighted by Gasteiger charge is 2.35. The summed E-state index contributed by atoms with van der Waals surface area (Å²) in [6.07, 6.45) is 0. The van der Waals surface area contributed by atoms with Crippen molar-refractivity contribution < 1.29 is 19.4 Å². The molecule has 6 heteroatoms. The molecule has 1 aliphatic carbocycles. The number of phenolic OH excluding ortho intramolecular Hbond substituents is 1. The molecule has 0 radical (unpaired) electrons. The number of rotatable bonds is 2. The summed E-state index contributed by atoms with van der Waals surface area (Å²) in [5.41, 5.74) is 6.59. The van der Waals surface area contributed by atoms with Crippen LogP contribution in [-0.2, 0) is 0 Å². The number of carbonyl (C=O) groups is 2. The van der Waals surface area contributed by atoms with Gasteiger partial charge in [0.2, 0.25) is 0 Å². The van der Waals surface area contributed by atoms with E-state index in [0.717, 1.165) is 0 Å². The van der Waals surface area contributed by atoms with E-state index in [0.29, 0.717) is 5.06 Å². The van der Waals surface area contributed by atoms with Crippen LogP contribution < -0.4 is 10.5 Å². The molecule has 1 heterocycles. The van der Waals surface area contributed by atoms with Crippen molar-refractivity contribution >= 4 is 28.6 Å². The Bertz CT molecular complexity index is 993. The molecule has 5 nitrogen and oxygen atoms in total. The predicted octanol–water partition coefficient (Wildman–Crippen LogP) is 3.60. The molecule has 0 saturated heterocycles. The van der Waals surface area contributed by atoms with Crippen LogP contribution in [0.1, 0.15) is 31.8 Å². The smallest absolute Gasteiger partial charge is 0.198 e. The molecule has 118 valence electrons. The van der Waals surface area contributed by atoms with Crippen LogP contribution in [0.3, 0.4) is 0 Å². The van der Waals surface area contributed by atoms with Gasteiger partial charge in [-0.25, -0.2) is 0 Å². The zero-order chi connectivity index (χ0) is 16.8. The van der Waals surface area contributed by atoms with E-state index in [2.05, 4.69) is 0 Å². The standard InChI is InChI=1S/C18H11NO4S/c19-16-12(23-13-6-3-7-24-13)8-11(20)14-15(16)18(22)10-5-2-1-4-9(10)17(14)21/h1-8,20H,19H2. The number of nitrogen functional groups attached to an aromatic ring is 1. The van der Waals surface area contributed by atoms with Gasteiger partial charge in [-0.1, -0.05) is 24.3 Å². The molecular formula is C18H11NO4S. The van der Waals surface area contributed by atoms with Crippen molar-refractivity contribution in [3.05, 3.63) is 70.1 Å². The van der Waals surface area contributed by atoms with Crippen molar-refractivity contribution in [2.75, 3.05) is 5.73 Å². The summed E-state index contributed by atoms with van der Waals surface area (Å²) < 4.78 is 5.64. The first kappa shape index (κ1) is 14.5. The van der Waals surface area contributed by atoms with Crippen molar-refractivity contribution in [3.63, 3.8) is 0 Å². The van der Waals surface area contributed by atoms with Crippen molar-refractivity contribution in [3.8, 4) is 16.6 Å². The minimum atomic E-state index is -0.424. The Morgan fingerprint density at radius 2 is 1.62 bits per heavy atom. The van der Waals surface area contributed by atoms with E-state index in [9.17, 15) is 14.7 Å². The van der Waals surface area contributed by atoms with Gasteiger partial charge in [-0.05, 0) is 17.5 Å². The van der Waals surface area contributed by atoms with Crippen LogP contribution in [0, 0.1) is 0 Å². The lowest BCUT2D eigenvalue weighted by molar-refractivity contribution is 0.0977. The van der Waals surface area contributed by atoms with Gasteiger partial charge in [0, 0.05) is 17.2 Å². The molecule has 0 atom stereocenters. The lowest BCUT2D eigenvalue weighted by atomic mass is 9.82. The monoisotopic (exact) mass is 337 g/mol. The fourth-order valence-electron chi connectivity index (χ4n) is 2.79. The Hall–Kier alpha value is -3.12. The first-order chi connectivity index (χ1) is 11.6. The van der Waals surface area contributed by atoms with Crippen molar-refractivity contribution in [1.29, 1.82) is 0 Å². The van der Waals surface area contributed by atoms with Crippen molar-refractivity contribution in [2.24, 2.45) is 0 Å². The van der Waals surface area contributed by atoms with Crippen molar-refractivity contribution in [2.45, 2.75) is 0 Å². The number of fused-ring (bicyclic) bond motifs is 2. The Kier molecular flexibility index (Phi) is 3.14. The van der Waals surface area contributed by atoms with Gasteiger partial charge in [0.05, 0.1) is 16.8 Å². The molecule has 1 aromatic heterocycles. The van der Waals surface area contributed by atoms with Gasteiger partial charge >= 0.3 is 0 Å². The van der Waals surface area contributed by atoms with Crippen molar-refractivity contribution in [1.82, 2.24) is 0 Å². The highest BCUT2D eigenvalue weighted by atomic mass is 32.1. The number of carbonyl (C=O) groups excluding carboxylic acids is 2. The molecule has 0 saturated carbocycles. The highest BCUT2D eigenvalue weighted by molar-refractivity contribution is 7.11. The molecular weight excluding hydrogens is 326 g/mol. The SMILES string of the molecule is Nc1c(Oc2cccs2)cc(O)c2c1C(=O)c1ccccc1C2=O. The van der Waals surface area contributed by atoms with Gasteiger partial charge in [-0.2, -0.15) is 0 Å². The van der Waals surface area contributed by atoms with E-state index in [-0.39, 0.29) is 39.4 Å². The maximum absolute atomic E-state index is 12.8. The normalized spacial score (nSPS) is 12.7. The van der Waals surface area contributed by atoms with Crippen LogP contribution in [-0.4, -0.2) is 16.7 Å². The number of hydrogen-bond donors (Lipinski definition) is 2. The van der Waals surface area contributed by atoms with Gasteiger partial charge in [0.15, 0.2) is 22.4 Å². The Labute approximate surface area is 140 Å². The molecule has 3 aromatic rings. The number of anilines is 1. The van der Waals surface area contributed by atoms with E-state index in [1.807, 2.05) is 5.38 Å². The summed E-state index contributed by atoms with van der Waals surface area (Å²) >= 11 is 1.35. The number of phenols is 1. The molecule has 4 rings (SSSR count). The fourth-order valence-corrected chi connectivity index (χ4v) is 3.37. The third kappa shape index (κ3) is 2.00. The minimum Gasteiger partial charge on any atom is -0.507 e. The minimum absolute atomic E-state index is 0.00902. The number of nitrogens with two attached hydrogens (primary N) is 1. The molecule has 3 N–H and O–H groups in total. The lowest BCUT2D eigenvalue weighted by Gasteiger charge is -2.21. The molecule has 0 aliphatic heterocycles. The molecule has 0 amide bonds. The van der Waals surface area contributed by atoms with E-state index < -0.39 is 11.6 Å². The van der Waals surface area contributed by atoms with Crippen LogP contribution in [0.4, 0.5) is 5.69 Å². The highest BCUT2D eigenvalue weighted by Crippen LogP contribution is 2.42. The lowest BCUT2D eigenvalue weighted by Crippen LogP contribution is -2.22. The third-order valence-corrected chi connectivity index (χ3v) is 4.63. The Morgan fingerprint density at radius 1 is 0.958 bits per heavy atom. The van der Waals surface area contributed by atoms with E-state index in [1.54, 1.807) is 36.4 Å². The first-order valence-corrected chi connectivity index (χ1v) is 8.01. The maximum atomic E-state index is 12.8. The van der Waals surface area contributed by atoms with Crippen LogP contribution in [0.25, 0.3) is 0 Å². The topological polar surface area (TPSA) is 89.6 Å². The quantitative estimate of drug-likeness (QED) is 0.431. The summed E-state index contributed by atoms with van der Waals surface area (Å²) in [5, 5.41) is 12.7. The summed E-state index contributed by atoms with van der Waals surface area (Å²) in [6.45, 7) is 0. The van der Waals surface area contributed by atoms with Crippen LogP contribution in [0.5, 0.6) is 16.6 Å². The summed E-state index contributed by atoms with van der Waals surface area (Å²) in [4.78, 5) is 25.4. The Balaban J connectivity index is 1.93. The van der Waals surface area contributed by atoms with Crippen LogP contribution in [0.2, 0.25) is 0 Å². The molecule has 24 heavy (non-hydrogen) atoms. The molecule has 0 spiro atoms. The predicted molar refractivity (Wildman–Crippen MR) is 90.2 cm³/mol. The van der Waals surface area contributed by atoms with E-state index in [1.165, 1.54) is 17.4 Å². The zero-order valence-corrected chi connectivity index (χ0v) is 13.1. The average Bonchev–Trinajstić information content (AvgIpc) is 3.08. The summed E-state index contributed by atoms with van der Waals surface area (Å²) in [5.74, 6) is -0.996. The number of hydrogen-bond acceptors (Lipinski definition) is 6. The van der Waals surface area contributed by atoms with Gasteiger partial charge < -0.3 is 15.6 Å². The second kappa shape index (κ2) is 5.21. The second-order valence-electron chi connectivity index (χ2n) is 5.30. The van der Waals surface area contributed by atoms with E-state index in [4.69, 9.17) is 10.5 Å². The molecule has 0 fully saturated rings. The zero-order valence-electron chi connectivity index (χ0n) is 12.3. The number of ketones is 2.